The number of benzene rings is 3. The molecule has 0 aliphatic carbocycles. The number of carbonyl (C=O) groups is 2. The number of nitrogens with zero attached hydrogens (tertiary/aromatic N) is 4. The van der Waals surface area contributed by atoms with Crippen LogP contribution < -0.4 is 10.3 Å². The van der Waals surface area contributed by atoms with Crippen LogP contribution in [0.1, 0.15) is 23.7 Å². The van der Waals surface area contributed by atoms with Gasteiger partial charge in [-0.1, -0.05) is 51.8 Å². The second-order valence-electron chi connectivity index (χ2n) is 8.27. The summed E-state index contributed by atoms with van der Waals surface area (Å²) in [5.74, 6) is 0.300. The van der Waals surface area contributed by atoms with E-state index >= 15 is 0 Å². The zero-order chi connectivity index (χ0) is 24.4. The van der Waals surface area contributed by atoms with Crippen molar-refractivity contribution in [1.29, 1.82) is 0 Å². The fourth-order valence-corrected chi connectivity index (χ4v) is 4.62. The zero-order valence-corrected chi connectivity index (χ0v) is 20.9. The molecule has 1 aliphatic heterocycles. The van der Waals surface area contributed by atoms with Crippen LogP contribution >= 0.6 is 27.5 Å². The van der Waals surface area contributed by atoms with Gasteiger partial charge in [-0.3, -0.25) is 9.59 Å². The number of rotatable bonds is 6. The van der Waals surface area contributed by atoms with E-state index in [2.05, 4.69) is 26.5 Å². The van der Waals surface area contributed by atoms with E-state index in [9.17, 15) is 9.59 Å². The number of amides is 2. The Balaban J connectivity index is 1.36. The predicted octanol–water partition coefficient (Wildman–Crippen LogP) is 5.12. The lowest BCUT2D eigenvalue weighted by molar-refractivity contribution is -0.121. The van der Waals surface area contributed by atoms with E-state index in [-0.39, 0.29) is 24.3 Å². The van der Waals surface area contributed by atoms with Crippen molar-refractivity contribution >= 4 is 62.3 Å². The maximum Gasteiger partial charge on any atom is 0.260 e. The number of para-hydroxylation sites is 2. The van der Waals surface area contributed by atoms with Crippen LogP contribution in [0.4, 0.5) is 5.69 Å². The Kier molecular flexibility index (Phi) is 6.66. The van der Waals surface area contributed by atoms with Crippen LogP contribution in [-0.4, -0.2) is 34.1 Å². The number of aromatic nitrogens is 2. The van der Waals surface area contributed by atoms with Gasteiger partial charge in [0.05, 0.1) is 17.2 Å². The minimum absolute atomic E-state index is 0.0134. The number of anilines is 1. The van der Waals surface area contributed by atoms with Crippen LogP contribution in [0.25, 0.3) is 11.0 Å². The fourth-order valence-electron chi connectivity index (χ4n) is 4.23. The largest absolute Gasteiger partial charge is 0.318 e. The van der Waals surface area contributed by atoms with Gasteiger partial charge < -0.3 is 9.47 Å². The molecule has 0 radical (unpaired) electrons. The highest BCUT2D eigenvalue weighted by Crippen LogP contribution is 2.33. The van der Waals surface area contributed by atoms with Crippen LogP contribution in [0.15, 0.2) is 82.4 Å². The Morgan fingerprint density at radius 1 is 1.11 bits per heavy atom. The predicted molar refractivity (Wildman–Crippen MR) is 141 cm³/mol. The van der Waals surface area contributed by atoms with Crippen molar-refractivity contribution < 1.29 is 9.59 Å². The van der Waals surface area contributed by atoms with E-state index < -0.39 is 0 Å². The summed E-state index contributed by atoms with van der Waals surface area (Å²) in [6.07, 6.45) is 1.91. The molecule has 1 aliphatic rings. The van der Waals surface area contributed by atoms with Crippen molar-refractivity contribution in [2.24, 2.45) is 5.10 Å². The quantitative estimate of drug-likeness (QED) is 0.267. The highest BCUT2D eigenvalue weighted by Gasteiger charge is 2.35. The minimum atomic E-state index is -0.276. The maximum atomic E-state index is 12.8. The second-order valence-corrected chi connectivity index (χ2v) is 9.62. The Morgan fingerprint density at radius 3 is 2.63 bits per heavy atom. The zero-order valence-electron chi connectivity index (χ0n) is 18.6. The molecule has 1 aromatic heterocycles. The van der Waals surface area contributed by atoms with E-state index in [4.69, 9.17) is 16.6 Å². The Hall–Kier alpha value is -3.49. The number of nitrogens with one attached hydrogen (secondary N) is 1. The molecule has 0 spiro atoms. The number of halogens is 2. The van der Waals surface area contributed by atoms with Crippen molar-refractivity contribution in [3.8, 4) is 0 Å². The number of carbonyl (C=O) groups excluding carboxylic acids is 2. The van der Waals surface area contributed by atoms with Gasteiger partial charge in [0, 0.05) is 34.1 Å². The Bertz CT molecular complexity index is 1420. The SMILES string of the molecule is O=C(Cn1c(C2CC(=O)N(c3ccc(Cl)cc3)C2)nc2ccccc21)NN=Cc1ccc(Br)cc1. The molecule has 4 aromatic rings. The average Bonchev–Trinajstić information content (AvgIpc) is 3.41. The lowest BCUT2D eigenvalue weighted by atomic mass is 10.1. The van der Waals surface area contributed by atoms with Gasteiger partial charge in [0.15, 0.2) is 0 Å². The lowest BCUT2D eigenvalue weighted by Crippen LogP contribution is -2.26. The van der Waals surface area contributed by atoms with Crippen LogP contribution in [0.2, 0.25) is 5.02 Å². The highest BCUT2D eigenvalue weighted by atomic mass is 79.9. The van der Waals surface area contributed by atoms with Crippen LogP contribution in [0, 0.1) is 0 Å². The number of fused-ring (bicyclic) bond motifs is 1. The summed E-state index contributed by atoms with van der Waals surface area (Å²) >= 11 is 9.40. The minimum Gasteiger partial charge on any atom is -0.318 e. The monoisotopic (exact) mass is 549 g/mol. The molecule has 176 valence electrons. The fraction of sp³-hybridized carbons (Fsp3) is 0.154. The van der Waals surface area contributed by atoms with Gasteiger partial charge in [-0.25, -0.2) is 10.4 Å². The second kappa shape index (κ2) is 10.0. The summed E-state index contributed by atoms with van der Waals surface area (Å²) in [6.45, 7) is 0.520. The summed E-state index contributed by atoms with van der Waals surface area (Å²) in [6, 6.07) is 22.5. The number of hydrogen-bond donors (Lipinski definition) is 1. The van der Waals surface area contributed by atoms with Gasteiger partial charge in [0.1, 0.15) is 12.4 Å². The standard InChI is InChI=1S/C26H21BrClN5O2/c27-19-7-5-17(6-8-19)14-29-31-24(34)16-33-23-4-2-1-3-22(23)30-26(33)18-13-25(35)32(15-18)21-11-9-20(28)10-12-21/h1-12,14,18H,13,15-16H2,(H,31,34). The molecule has 3 aromatic carbocycles. The molecule has 1 saturated heterocycles. The summed E-state index contributed by atoms with van der Waals surface area (Å²) in [5, 5.41) is 4.70. The van der Waals surface area contributed by atoms with E-state index in [1.54, 1.807) is 23.2 Å². The van der Waals surface area contributed by atoms with E-state index in [1.165, 1.54) is 0 Å². The lowest BCUT2D eigenvalue weighted by Gasteiger charge is -2.17. The normalized spacial score (nSPS) is 15.9. The first-order chi connectivity index (χ1) is 17.0. The third-order valence-electron chi connectivity index (χ3n) is 5.89. The molecule has 35 heavy (non-hydrogen) atoms. The summed E-state index contributed by atoms with van der Waals surface area (Å²) in [4.78, 5) is 32.2. The van der Waals surface area contributed by atoms with Gasteiger partial charge in [-0.2, -0.15) is 5.10 Å². The first-order valence-corrected chi connectivity index (χ1v) is 12.2. The Morgan fingerprint density at radius 2 is 1.86 bits per heavy atom. The number of imidazole rings is 1. The molecule has 2 heterocycles. The van der Waals surface area contributed by atoms with Crippen molar-refractivity contribution in [3.63, 3.8) is 0 Å². The van der Waals surface area contributed by atoms with Crippen LogP contribution in [0.5, 0.6) is 0 Å². The van der Waals surface area contributed by atoms with Gasteiger partial charge in [0.2, 0.25) is 5.91 Å². The average molecular weight is 551 g/mol. The third-order valence-corrected chi connectivity index (χ3v) is 6.67. The first-order valence-electron chi connectivity index (χ1n) is 11.1. The van der Waals surface area contributed by atoms with Crippen molar-refractivity contribution in [2.75, 3.05) is 11.4 Å². The van der Waals surface area contributed by atoms with Gasteiger partial charge in [-0.15, -0.1) is 0 Å². The summed E-state index contributed by atoms with van der Waals surface area (Å²) in [5.41, 5.74) is 5.88. The molecule has 1 N–H and O–H groups in total. The molecular formula is C26H21BrClN5O2. The third kappa shape index (κ3) is 5.13. The van der Waals surface area contributed by atoms with Gasteiger partial charge in [-0.05, 0) is 54.1 Å². The number of hydrazone groups is 1. The molecule has 5 rings (SSSR count). The molecule has 0 saturated carbocycles. The molecule has 2 amide bonds. The van der Waals surface area contributed by atoms with Crippen molar-refractivity contribution in [2.45, 2.75) is 18.9 Å². The molecule has 1 unspecified atom stereocenters. The molecule has 9 heteroatoms. The van der Waals surface area contributed by atoms with E-state index in [1.807, 2.05) is 65.2 Å². The number of hydrogen-bond acceptors (Lipinski definition) is 4. The van der Waals surface area contributed by atoms with E-state index in [0.717, 1.165) is 26.8 Å². The molecule has 7 nitrogen and oxygen atoms in total. The van der Waals surface area contributed by atoms with Crippen LogP contribution in [0.3, 0.4) is 0 Å². The molecule has 0 bridgehead atoms. The highest BCUT2D eigenvalue weighted by molar-refractivity contribution is 9.10. The van der Waals surface area contributed by atoms with Gasteiger partial charge >= 0.3 is 0 Å². The summed E-state index contributed by atoms with van der Waals surface area (Å²) < 4.78 is 2.85. The maximum absolute atomic E-state index is 12.8. The van der Waals surface area contributed by atoms with Crippen LogP contribution in [-0.2, 0) is 16.1 Å². The Labute approximate surface area is 215 Å². The topological polar surface area (TPSA) is 79.6 Å². The van der Waals surface area contributed by atoms with Crippen molar-refractivity contribution in [3.05, 3.63) is 93.7 Å². The van der Waals surface area contributed by atoms with Crippen molar-refractivity contribution in [1.82, 2.24) is 15.0 Å². The smallest absolute Gasteiger partial charge is 0.260 e. The molecule has 1 fully saturated rings. The molecular weight excluding hydrogens is 530 g/mol. The van der Waals surface area contributed by atoms with E-state index in [0.29, 0.717) is 23.8 Å². The first kappa shape index (κ1) is 23.3. The van der Waals surface area contributed by atoms with Gasteiger partial charge in [0.25, 0.3) is 5.91 Å². The summed E-state index contributed by atoms with van der Waals surface area (Å²) in [7, 11) is 0. The molecule has 1 atom stereocenters.